The molecule has 1 aromatic rings. The van der Waals surface area contributed by atoms with E-state index < -0.39 is 10.0 Å². The van der Waals surface area contributed by atoms with Gasteiger partial charge in [-0.25, -0.2) is 18.1 Å². The first-order chi connectivity index (χ1) is 8.62. The molecule has 0 radical (unpaired) electrons. The van der Waals surface area contributed by atoms with Crippen molar-refractivity contribution in [3.8, 4) is 0 Å². The van der Waals surface area contributed by atoms with Gasteiger partial charge in [-0.05, 0) is 32.1 Å². The molecule has 2 aliphatic rings. The van der Waals surface area contributed by atoms with Gasteiger partial charge in [-0.15, -0.1) is 0 Å². The van der Waals surface area contributed by atoms with Crippen LogP contribution in [0.2, 0.25) is 0 Å². The number of imidazole rings is 1. The molecule has 0 aromatic carbocycles. The number of nitrogens with zero attached hydrogens (tertiary/aromatic N) is 2. The van der Waals surface area contributed by atoms with Gasteiger partial charge in [0.15, 0.2) is 5.03 Å². The van der Waals surface area contributed by atoms with Gasteiger partial charge in [0, 0.05) is 19.0 Å². The molecule has 5 nitrogen and oxygen atoms in total. The number of sulfonamides is 1. The Labute approximate surface area is 108 Å². The van der Waals surface area contributed by atoms with E-state index >= 15 is 0 Å². The van der Waals surface area contributed by atoms with Crippen LogP contribution >= 0.6 is 0 Å². The van der Waals surface area contributed by atoms with Gasteiger partial charge in [0.2, 0.25) is 0 Å². The van der Waals surface area contributed by atoms with Crippen LogP contribution in [0.15, 0.2) is 5.03 Å². The molecule has 0 unspecified atom stereocenters. The summed E-state index contributed by atoms with van der Waals surface area (Å²) in [5.41, 5.74) is 0.909. The van der Waals surface area contributed by atoms with E-state index in [2.05, 4.69) is 14.3 Å². The standard InChI is InChI=1S/C12H19N3O2S/c1-2-11-13-12(10-5-3-4-8-15(10)11)18(16,17)14-9-6-7-9/h9,14H,2-8H2,1H3. The molecule has 3 rings (SSSR count). The number of aryl methyl sites for hydroxylation is 1. The van der Waals surface area contributed by atoms with E-state index in [1.54, 1.807) is 0 Å². The molecule has 0 saturated heterocycles. The van der Waals surface area contributed by atoms with E-state index in [4.69, 9.17) is 0 Å². The van der Waals surface area contributed by atoms with Crippen LogP contribution in [-0.4, -0.2) is 24.0 Å². The quantitative estimate of drug-likeness (QED) is 0.894. The van der Waals surface area contributed by atoms with Crippen molar-refractivity contribution >= 4 is 10.0 Å². The minimum absolute atomic E-state index is 0.140. The third-order valence-electron chi connectivity index (χ3n) is 3.63. The highest BCUT2D eigenvalue weighted by Gasteiger charge is 2.33. The van der Waals surface area contributed by atoms with Gasteiger partial charge in [0.1, 0.15) is 5.82 Å². The lowest BCUT2D eigenvalue weighted by Gasteiger charge is -2.16. The van der Waals surface area contributed by atoms with Gasteiger partial charge in [-0.2, -0.15) is 0 Å². The molecule has 1 aliphatic carbocycles. The summed E-state index contributed by atoms with van der Waals surface area (Å²) in [6, 6.07) is 0.140. The number of fused-ring (bicyclic) bond motifs is 1. The Morgan fingerprint density at radius 2 is 2.17 bits per heavy atom. The maximum atomic E-state index is 12.3. The Bertz CT molecular complexity index is 558. The summed E-state index contributed by atoms with van der Waals surface area (Å²) in [5, 5.41) is 0.283. The summed E-state index contributed by atoms with van der Waals surface area (Å²) < 4.78 is 29.4. The average molecular weight is 269 g/mol. The van der Waals surface area contributed by atoms with Crippen LogP contribution in [0, 0.1) is 0 Å². The monoisotopic (exact) mass is 269 g/mol. The Kier molecular flexibility index (Phi) is 2.94. The maximum absolute atomic E-state index is 12.3. The fraction of sp³-hybridized carbons (Fsp3) is 0.750. The number of hydrogen-bond donors (Lipinski definition) is 1. The minimum Gasteiger partial charge on any atom is -0.331 e. The van der Waals surface area contributed by atoms with Crippen molar-refractivity contribution in [1.82, 2.24) is 14.3 Å². The SMILES string of the molecule is CCc1nc(S(=O)(=O)NC2CC2)c2n1CCCC2. The first kappa shape index (κ1) is 12.2. The van der Waals surface area contributed by atoms with Crippen LogP contribution < -0.4 is 4.72 Å². The molecule has 2 heterocycles. The number of nitrogens with one attached hydrogen (secondary N) is 1. The highest BCUT2D eigenvalue weighted by atomic mass is 32.2. The summed E-state index contributed by atoms with van der Waals surface area (Å²) >= 11 is 0. The normalized spacial score (nSPS) is 19.8. The third kappa shape index (κ3) is 2.07. The minimum atomic E-state index is -3.41. The predicted molar refractivity (Wildman–Crippen MR) is 67.9 cm³/mol. The molecule has 1 aromatic heterocycles. The largest absolute Gasteiger partial charge is 0.331 e. The summed E-state index contributed by atoms with van der Waals surface area (Å²) in [6.45, 7) is 2.93. The van der Waals surface area contributed by atoms with Gasteiger partial charge < -0.3 is 4.57 Å². The third-order valence-corrected chi connectivity index (χ3v) is 5.11. The molecule has 18 heavy (non-hydrogen) atoms. The van der Waals surface area contributed by atoms with Crippen molar-refractivity contribution in [3.63, 3.8) is 0 Å². The van der Waals surface area contributed by atoms with Crippen molar-refractivity contribution in [2.75, 3.05) is 0 Å². The number of aromatic nitrogens is 2. The van der Waals surface area contributed by atoms with Crippen molar-refractivity contribution < 1.29 is 8.42 Å². The summed E-state index contributed by atoms with van der Waals surface area (Å²) in [6.07, 6.45) is 5.69. The maximum Gasteiger partial charge on any atom is 0.260 e. The average Bonchev–Trinajstić information content (AvgIpc) is 3.06. The van der Waals surface area contributed by atoms with Crippen LogP contribution in [0.4, 0.5) is 0 Å². The van der Waals surface area contributed by atoms with E-state index in [0.29, 0.717) is 0 Å². The molecule has 0 bridgehead atoms. The first-order valence-corrected chi connectivity index (χ1v) is 8.20. The second kappa shape index (κ2) is 4.35. The molecule has 1 N–H and O–H groups in total. The first-order valence-electron chi connectivity index (χ1n) is 6.72. The van der Waals surface area contributed by atoms with Gasteiger partial charge in [-0.3, -0.25) is 0 Å². The second-order valence-electron chi connectivity index (χ2n) is 5.14. The Morgan fingerprint density at radius 1 is 1.39 bits per heavy atom. The highest BCUT2D eigenvalue weighted by molar-refractivity contribution is 7.89. The lowest BCUT2D eigenvalue weighted by atomic mass is 10.1. The molecule has 0 atom stereocenters. The van der Waals surface area contributed by atoms with Crippen molar-refractivity contribution in [1.29, 1.82) is 0 Å². The fourth-order valence-electron chi connectivity index (χ4n) is 2.54. The molecule has 0 spiro atoms. The van der Waals surface area contributed by atoms with Crippen molar-refractivity contribution in [3.05, 3.63) is 11.5 Å². The molecule has 6 heteroatoms. The highest BCUT2D eigenvalue weighted by Crippen LogP contribution is 2.27. The molecule has 1 aliphatic heterocycles. The van der Waals surface area contributed by atoms with Gasteiger partial charge in [0.25, 0.3) is 10.0 Å². The predicted octanol–water partition coefficient (Wildman–Crippen LogP) is 1.22. The topological polar surface area (TPSA) is 64.0 Å². The van der Waals surface area contributed by atoms with Gasteiger partial charge >= 0.3 is 0 Å². The van der Waals surface area contributed by atoms with E-state index in [9.17, 15) is 8.42 Å². The van der Waals surface area contributed by atoms with Crippen molar-refractivity contribution in [2.45, 2.75) is 63.1 Å². The van der Waals surface area contributed by atoms with Crippen LogP contribution in [0.1, 0.15) is 44.1 Å². The zero-order chi connectivity index (χ0) is 12.8. The summed E-state index contributed by atoms with van der Waals surface area (Å²) in [4.78, 5) is 4.38. The van der Waals surface area contributed by atoms with Crippen LogP contribution in [0.25, 0.3) is 0 Å². The van der Waals surface area contributed by atoms with E-state index in [1.165, 1.54) is 0 Å². The Balaban J connectivity index is 2.02. The lowest BCUT2D eigenvalue weighted by Crippen LogP contribution is -2.27. The van der Waals surface area contributed by atoms with Gasteiger partial charge in [0.05, 0.1) is 5.69 Å². The molecule has 1 fully saturated rings. The fourth-order valence-corrected chi connectivity index (χ4v) is 4.08. The smallest absolute Gasteiger partial charge is 0.260 e. The van der Waals surface area contributed by atoms with Crippen molar-refractivity contribution in [2.24, 2.45) is 0 Å². The molecular formula is C12H19N3O2S. The zero-order valence-corrected chi connectivity index (χ0v) is 11.5. The lowest BCUT2D eigenvalue weighted by molar-refractivity contribution is 0.509. The number of rotatable bonds is 4. The summed E-state index contributed by atoms with van der Waals surface area (Å²) in [5.74, 6) is 0.904. The second-order valence-corrected chi connectivity index (χ2v) is 6.77. The van der Waals surface area contributed by atoms with E-state index in [-0.39, 0.29) is 11.1 Å². The zero-order valence-electron chi connectivity index (χ0n) is 10.6. The molecule has 1 saturated carbocycles. The summed E-state index contributed by atoms with van der Waals surface area (Å²) in [7, 11) is -3.41. The van der Waals surface area contributed by atoms with Crippen LogP contribution in [0.5, 0.6) is 0 Å². The van der Waals surface area contributed by atoms with E-state index in [0.717, 1.165) is 56.6 Å². The van der Waals surface area contributed by atoms with E-state index in [1.807, 2.05) is 6.92 Å². The van der Waals surface area contributed by atoms with Crippen LogP contribution in [-0.2, 0) is 29.4 Å². The Hall–Kier alpha value is -0.880. The van der Waals surface area contributed by atoms with Crippen LogP contribution in [0.3, 0.4) is 0 Å². The van der Waals surface area contributed by atoms with Gasteiger partial charge in [-0.1, -0.05) is 6.92 Å². The molecule has 100 valence electrons. The number of hydrogen-bond acceptors (Lipinski definition) is 3. The Morgan fingerprint density at radius 3 is 2.83 bits per heavy atom. The molecular weight excluding hydrogens is 250 g/mol. The molecule has 0 amide bonds.